The molecule has 0 saturated carbocycles. The monoisotopic (exact) mass is 343 g/mol. The summed E-state index contributed by atoms with van der Waals surface area (Å²) in [6.07, 6.45) is 4.13. The first-order valence-corrected chi connectivity index (χ1v) is 8.62. The molecule has 0 aliphatic rings. The number of aryl methyl sites for hydroxylation is 1. The first kappa shape index (κ1) is 18.7. The van der Waals surface area contributed by atoms with Gasteiger partial charge in [-0.3, -0.25) is 14.3 Å². The normalized spacial score (nSPS) is 10.9. The Balaban J connectivity index is 2.06. The number of carbonyl (C=O) groups excluding carboxylic acids is 1. The fraction of sp³-hybridized carbons (Fsp3) is 0.421. The molecular formula is C19H25N3O3. The molecule has 0 aliphatic carbocycles. The standard InChI is InChI=1S/C19H25N3O3/c1-4-16(5-2)22-13(3)17(12-20-22)19(25)21-15-9-6-14(7-10-15)8-11-18(23)24/h6-7,9-10,12,16H,4-5,8,11H2,1-3H3,(H,21,25)(H,23,24). The number of aliphatic carboxylic acids is 1. The number of rotatable bonds is 8. The van der Waals surface area contributed by atoms with E-state index in [0.717, 1.165) is 24.1 Å². The molecule has 2 N–H and O–H groups in total. The number of carboxylic acid groups (broad SMARTS) is 1. The topological polar surface area (TPSA) is 84.2 Å². The zero-order chi connectivity index (χ0) is 18.4. The summed E-state index contributed by atoms with van der Waals surface area (Å²) in [6.45, 7) is 6.14. The van der Waals surface area contributed by atoms with Crippen LogP contribution in [0.3, 0.4) is 0 Å². The van der Waals surface area contributed by atoms with Gasteiger partial charge in [0.05, 0.1) is 17.8 Å². The SMILES string of the molecule is CCC(CC)n1ncc(C(=O)Nc2ccc(CCC(=O)O)cc2)c1C. The van der Waals surface area contributed by atoms with Crippen LogP contribution in [0.15, 0.2) is 30.5 Å². The number of hydrogen-bond donors (Lipinski definition) is 2. The Bertz CT molecular complexity index is 731. The summed E-state index contributed by atoms with van der Waals surface area (Å²) >= 11 is 0. The molecule has 0 unspecified atom stereocenters. The average molecular weight is 343 g/mol. The Morgan fingerprint density at radius 3 is 2.40 bits per heavy atom. The molecule has 6 nitrogen and oxygen atoms in total. The van der Waals surface area contributed by atoms with E-state index in [1.54, 1.807) is 18.3 Å². The highest BCUT2D eigenvalue weighted by atomic mass is 16.4. The fourth-order valence-electron chi connectivity index (χ4n) is 2.85. The average Bonchev–Trinajstić information content (AvgIpc) is 2.97. The highest BCUT2D eigenvalue weighted by molar-refractivity contribution is 6.04. The minimum atomic E-state index is -0.817. The number of anilines is 1. The number of hydrogen-bond acceptors (Lipinski definition) is 3. The smallest absolute Gasteiger partial charge is 0.303 e. The van der Waals surface area contributed by atoms with Crippen LogP contribution in [0.4, 0.5) is 5.69 Å². The van der Waals surface area contributed by atoms with Gasteiger partial charge in [0.25, 0.3) is 5.91 Å². The van der Waals surface area contributed by atoms with Gasteiger partial charge in [-0.2, -0.15) is 5.10 Å². The van der Waals surface area contributed by atoms with Crippen molar-refractivity contribution in [3.05, 3.63) is 47.3 Å². The summed E-state index contributed by atoms with van der Waals surface area (Å²) in [5.41, 5.74) is 3.04. The van der Waals surface area contributed by atoms with Crippen molar-refractivity contribution in [1.29, 1.82) is 0 Å². The summed E-state index contributed by atoms with van der Waals surface area (Å²) in [7, 11) is 0. The zero-order valence-electron chi connectivity index (χ0n) is 15.0. The molecule has 0 atom stereocenters. The maximum absolute atomic E-state index is 12.5. The van der Waals surface area contributed by atoms with E-state index in [4.69, 9.17) is 5.11 Å². The van der Waals surface area contributed by atoms with Crippen LogP contribution in [0.1, 0.15) is 60.8 Å². The molecule has 0 radical (unpaired) electrons. The zero-order valence-corrected chi connectivity index (χ0v) is 15.0. The first-order valence-electron chi connectivity index (χ1n) is 8.62. The quantitative estimate of drug-likeness (QED) is 0.763. The van der Waals surface area contributed by atoms with Gasteiger partial charge in [0.2, 0.25) is 0 Å². The van der Waals surface area contributed by atoms with Crippen molar-refractivity contribution in [3.8, 4) is 0 Å². The van der Waals surface area contributed by atoms with E-state index in [-0.39, 0.29) is 12.3 Å². The van der Waals surface area contributed by atoms with Gasteiger partial charge in [-0.1, -0.05) is 26.0 Å². The predicted octanol–water partition coefficient (Wildman–Crippen LogP) is 3.82. The highest BCUT2D eigenvalue weighted by Crippen LogP contribution is 2.20. The third kappa shape index (κ3) is 4.68. The Morgan fingerprint density at radius 2 is 1.84 bits per heavy atom. The van der Waals surface area contributed by atoms with Gasteiger partial charge in [-0.15, -0.1) is 0 Å². The lowest BCUT2D eigenvalue weighted by Crippen LogP contribution is -2.15. The van der Waals surface area contributed by atoms with E-state index in [2.05, 4.69) is 24.3 Å². The van der Waals surface area contributed by atoms with Gasteiger partial charge in [-0.05, 0) is 43.9 Å². The van der Waals surface area contributed by atoms with Crippen molar-refractivity contribution < 1.29 is 14.7 Å². The number of carboxylic acids is 1. The Morgan fingerprint density at radius 1 is 1.20 bits per heavy atom. The van der Waals surface area contributed by atoms with Gasteiger partial charge in [-0.25, -0.2) is 0 Å². The molecule has 2 aromatic rings. The number of nitrogens with zero attached hydrogens (tertiary/aromatic N) is 2. The molecule has 1 aromatic carbocycles. The molecule has 1 heterocycles. The molecule has 1 amide bonds. The highest BCUT2D eigenvalue weighted by Gasteiger charge is 2.18. The van der Waals surface area contributed by atoms with Crippen LogP contribution in [0.2, 0.25) is 0 Å². The van der Waals surface area contributed by atoms with Crippen LogP contribution < -0.4 is 5.32 Å². The van der Waals surface area contributed by atoms with Crippen molar-refractivity contribution >= 4 is 17.6 Å². The van der Waals surface area contributed by atoms with E-state index in [1.807, 2.05) is 23.7 Å². The van der Waals surface area contributed by atoms with Crippen LogP contribution in [0, 0.1) is 6.92 Å². The van der Waals surface area contributed by atoms with Crippen LogP contribution in [-0.4, -0.2) is 26.8 Å². The van der Waals surface area contributed by atoms with E-state index in [9.17, 15) is 9.59 Å². The number of carbonyl (C=O) groups is 2. The van der Waals surface area contributed by atoms with Crippen LogP contribution in [-0.2, 0) is 11.2 Å². The van der Waals surface area contributed by atoms with Gasteiger partial charge < -0.3 is 10.4 Å². The molecule has 2 rings (SSSR count). The molecule has 1 aromatic heterocycles. The van der Waals surface area contributed by atoms with Gasteiger partial charge >= 0.3 is 5.97 Å². The maximum atomic E-state index is 12.5. The summed E-state index contributed by atoms with van der Waals surface area (Å²) < 4.78 is 1.92. The maximum Gasteiger partial charge on any atom is 0.303 e. The molecule has 25 heavy (non-hydrogen) atoms. The molecular weight excluding hydrogens is 318 g/mol. The second kappa shape index (κ2) is 8.46. The van der Waals surface area contributed by atoms with Crippen molar-refractivity contribution in [2.24, 2.45) is 0 Å². The van der Waals surface area contributed by atoms with Crippen molar-refractivity contribution in [2.45, 2.75) is 52.5 Å². The molecule has 0 spiro atoms. The number of benzene rings is 1. The van der Waals surface area contributed by atoms with Crippen LogP contribution in [0.5, 0.6) is 0 Å². The lowest BCUT2D eigenvalue weighted by molar-refractivity contribution is -0.136. The third-order valence-corrected chi connectivity index (χ3v) is 4.42. The summed E-state index contributed by atoms with van der Waals surface area (Å²) in [4.78, 5) is 23.1. The summed E-state index contributed by atoms with van der Waals surface area (Å²) in [5.74, 6) is -1.00. The first-order chi connectivity index (χ1) is 12.0. The summed E-state index contributed by atoms with van der Waals surface area (Å²) in [6, 6.07) is 7.54. The summed E-state index contributed by atoms with van der Waals surface area (Å²) in [5, 5.41) is 16.0. The minimum Gasteiger partial charge on any atom is -0.481 e. The van der Waals surface area contributed by atoms with E-state index < -0.39 is 5.97 Å². The Kier molecular flexibility index (Phi) is 6.33. The van der Waals surface area contributed by atoms with Crippen LogP contribution in [0.25, 0.3) is 0 Å². The van der Waals surface area contributed by atoms with Gasteiger partial charge in [0.15, 0.2) is 0 Å². The van der Waals surface area contributed by atoms with Crippen molar-refractivity contribution in [1.82, 2.24) is 9.78 Å². The lowest BCUT2D eigenvalue weighted by atomic mass is 10.1. The number of aromatic nitrogens is 2. The Labute approximate surface area is 147 Å². The molecule has 6 heteroatoms. The fourth-order valence-corrected chi connectivity index (χ4v) is 2.85. The predicted molar refractivity (Wildman–Crippen MR) is 96.9 cm³/mol. The van der Waals surface area contributed by atoms with Gasteiger partial charge in [0.1, 0.15) is 0 Å². The largest absolute Gasteiger partial charge is 0.481 e. The second-order valence-corrected chi connectivity index (χ2v) is 6.10. The molecule has 134 valence electrons. The van der Waals surface area contributed by atoms with E-state index >= 15 is 0 Å². The second-order valence-electron chi connectivity index (χ2n) is 6.10. The van der Waals surface area contributed by atoms with Crippen molar-refractivity contribution in [3.63, 3.8) is 0 Å². The lowest BCUT2D eigenvalue weighted by Gasteiger charge is -2.15. The van der Waals surface area contributed by atoms with Crippen molar-refractivity contribution in [2.75, 3.05) is 5.32 Å². The minimum absolute atomic E-state index is 0.0973. The number of amides is 1. The molecule has 0 aliphatic heterocycles. The number of nitrogens with one attached hydrogen (secondary N) is 1. The third-order valence-electron chi connectivity index (χ3n) is 4.42. The van der Waals surface area contributed by atoms with E-state index in [0.29, 0.717) is 23.7 Å². The van der Waals surface area contributed by atoms with Crippen LogP contribution >= 0.6 is 0 Å². The van der Waals surface area contributed by atoms with Gasteiger partial charge in [0, 0.05) is 17.8 Å². The molecule has 0 fully saturated rings. The molecule has 0 saturated heterocycles. The van der Waals surface area contributed by atoms with E-state index in [1.165, 1.54) is 0 Å². The Hall–Kier alpha value is -2.63. The molecule has 0 bridgehead atoms.